The van der Waals surface area contributed by atoms with Crippen LogP contribution in [0.25, 0.3) is 22.0 Å². The van der Waals surface area contributed by atoms with Gasteiger partial charge in [0.25, 0.3) is 0 Å². The molecule has 0 saturated carbocycles. The maximum atomic E-state index is 13.8. The Labute approximate surface area is 206 Å². The summed E-state index contributed by atoms with van der Waals surface area (Å²) in [5, 5.41) is 0.598. The minimum Gasteiger partial charge on any atom is -0.461 e. The van der Waals surface area contributed by atoms with Crippen molar-refractivity contribution in [2.45, 2.75) is 6.42 Å². The lowest BCUT2D eigenvalue weighted by Crippen LogP contribution is -2.16. The average molecular weight is 494 g/mol. The van der Waals surface area contributed by atoms with Crippen LogP contribution in [0.3, 0.4) is 0 Å². The van der Waals surface area contributed by atoms with E-state index in [0.29, 0.717) is 16.7 Å². The summed E-state index contributed by atoms with van der Waals surface area (Å²) < 4.78 is 30.6. The number of rotatable bonds is 8. The lowest BCUT2D eigenvalue weighted by molar-refractivity contribution is -0.141. The van der Waals surface area contributed by atoms with E-state index in [1.165, 1.54) is 29.0 Å². The molecule has 3 aromatic carbocycles. The summed E-state index contributed by atoms with van der Waals surface area (Å²) in [6.07, 6.45) is 2.50. The van der Waals surface area contributed by atoms with Crippen molar-refractivity contribution in [3.05, 3.63) is 102 Å². The molecule has 0 bridgehead atoms. The Hall–Kier alpha value is -4.10. The Morgan fingerprint density at radius 2 is 1.66 bits per heavy atom. The Bertz CT molecular complexity index is 1360. The first-order valence-corrected chi connectivity index (χ1v) is 11.0. The van der Waals surface area contributed by atoms with Crippen molar-refractivity contribution in [2.24, 2.45) is 0 Å². The SMILES string of the molecule is C=CCOC(=O)Cc1ccc(-c2ccc(OCOC(=O)n3ccc4cc(Cl)c(F)cc43)cc2)cc1. The molecule has 0 atom stereocenters. The summed E-state index contributed by atoms with van der Waals surface area (Å²) in [6, 6.07) is 19.1. The van der Waals surface area contributed by atoms with Crippen LogP contribution in [0.15, 0.2) is 85.6 Å². The highest BCUT2D eigenvalue weighted by Crippen LogP contribution is 2.25. The monoisotopic (exact) mass is 493 g/mol. The van der Waals surface area contributed by atoms with Gasteiger partial charge in [-0.2, -0.15) is 0 Å². The molecule has 0 aliphatic carbocycles. The number of esters is 1. The van der Waals surface area contributed by atoms with E-state index in [0.717, 1.165) is 16.7 Å². The molecule has 8 heteroatoms. The molecule has 4 rings (SSSR count). The number of nitrogens with zero attached hydrogens (tertiary/aromatic N) is 1. The zero-order chi connectivity index (χ0) is 24.8. The van der Waals surface area contributed by atoms with Gasteiger partial charge in [-0.05, 0) is 41.0 Å². The highest BCUT2D eigenvalue weighted by molar-refractivity contribution is 6.31. The van der Waals surface area contributed by atoms with Crippen LogP contribution in [0.2, 0.25) is 5.02 Å². The second kappa shape index (κ2) is 10.9. The van der Waals surface area contributed by atoms with Crippen molar-refractivity contribution in [2.75, 3.05) is 13.4 Å². The van der Waals surface area contributed by atoms with Crippen LogP contribution in [0.1, 0.15) is 5.56 Å². The van der Waals surface area contributed by atoms with Gasteiger partial charge in [0, 0.05) is 17.6 Å². The van der Waals surface area contributed by atoms with E-state index in [-0.39, 0.29) is 30.8 Å². The van der Waals surface area contributed by atoms with Crippen molar-refractivity contribution in [1.29, 1.82) is 0 Å². The molecule has 35 heavy (non-hydrogen) atoms. The predicted molar refractivity (Wildman–Crippen MR) is 131 cm³/mol. The van der Waals surface area contributed by atoms with Gasteiger partial charge in [-0.3, -0.25) is 9.36 Å². The summed E-state index contributed by atoms with van der Waals surface area (Å²) in [5.74, 6) is -0.413. The minimum absolute atomic E-state index is 0.0182. The minimum atomic E-state index is -0.702. The number of carbonyl (C=O) groups is 2. The third-order valence-corrected chi connectivity index (χ3v) is 5.48. The third-order valence-electron chi connectivity index (χ3n) is 5.19. The average Bonchev–Trinajstić information content (AvgIpc) is 3.26. The van der Waals surface area contributed by atoms with E-state index >= 15 is 0 Å². The molecule has 0 unspecified atom stereocenters. The number of aromatic nitrogens is 1. The molecule has 178 valence electrons. The van der Waals surface area contributed by atoms with Gasteiger partial charge in [0.05, 0.1) is 17.0 Å². The number of halogens is 2. The summed E-state index contributed by atoms with van der Waals surface area (Å²) in [7, 11) is 0. The second-order valence-electron chi connectivity index (χ2n) is 7.55. The molecule has 6 nitrogen and oxygen atoms in total. The molecule has 1 aromatic heterocycles. The first kappa shape index (κ1) is 24.0. The number of fused-ring (bicyclic) bond motifs is 1. The van der Waals surface area contributed by atoms with Gasteiger partial charge in [-0.15, -0.1) is 0 Å². The summed E-state index contributed by atoms with van der Waals surface area (Å²) >= 11 is 5.78. The van der Waals surface area contributed by atoms with Crippen molar-refractivity contribution < 1.29 is 28.2 Å². The summed E-state index contributed by atoms with van der Waals surface area (Å²) in [6.45, 7) is 3.40. The molecule has 0 saturated heterocycles. The highest BCUT2D eigenvalue weighted by Gasteiger charge is 2.13. The molecule has 0 aliphatic heterocycles. The van der Waals surface area contributed by atoms with E-state index in [1.807, 2.05) is 36.4 Å². The molecule has 1 heterocycles. The van der Waals surface area contributed by atoms with Crippen LogP contribution in [-0.4, -0.2) is 30.0 Å². The van der Waals surface area contributed by atoms with Crippen molar-refractivity contribution in [3.63, 3.8) is 0 Å². The molecule has 0 spiro atoms. The lowest BCUT2D eigenvalue weighted by atomic mass is 10.0. The molecule has 0 radical (unpaired) electrons. The smallest absolute Gasteiger partial charge is 0.421 e. The Balaban J connectivity index is 1.31. The van der Waals surface area contributed by atoms with E-state index in [2.05, 4.69) is 6.58 Å². The fraction of sp³-hybridized carbons (Fsp3) is 0.111. The predicted octanol–water partition coefficient (Wildman–Crippen LogP) is 6.39. The first-order chi connectivity index (χ1) is 16.9. The number of benzene rings is 3. The van der Waals surface area contributed by atoms with E-state index in [9.17, 15) is 14.0 Å². The maximum absolute atomic E-state index is 13.8. The zero-order valence-corrected chi connectivity index (χ0v) is 19.3. The molecular weight excluding hydrogens is 473 g/mol. The second-order valence-corrected chi connectivity index (χ2v) is 7.96. The third kappa shape index (κ3) is 5.88. The van der Waals surface area contributed by atoms with Gasteiger partial charge in [-0.1, -0.05) is 60.7 Å². The van der Waals surface area contributed by atoms with Crippen molar-refractivity contribution >= 4 is 34.6 Å². The van der Waals surface area contributed by atoms with Gasteiger partial charge in [0.1, 0.15) is 18.2 Å². The Morgan fingerprint density at radius 1 is 0.971 bits per heavy atom. The van der Waals surface area contributed by atoms with Gasteiger partial charge in [0.2, 0.25) is 6.79 Å². The molecular formula is C27H21ClFNO5. The Morgan fingerprint density at radius 3 is 2.34 bits per heavy atom. The first-order valence-electron chi connectivity index (χ1n) is 10.7. The van der Waals surface area contributed by atoms with E-state index in [4.69, 9.17) is 25.8 Å². The summed E-state index contributed by atoms with van der Waals surface area (Å²) in [5.41, 5.74) is 3.12. The van der Waals surface area contributed by atoms with Crippen LogP contribution in [0.5, 0.6) is 5.75 Å². The van der Waals surface area contributed by atoms with Crippen LogP contribution in [0.4, 0.5) is 9.18 Å². The molecule has 0 aliphatic rings. The fourth-order valence-electron chi connectivity index (χ4n) is 3.43. The van der Waals surface area contributed by atoms with Crippen LogP contribution < -0.4 is 4.74 Å². The summed E-state index contributed by atoms with van der Waals surface area (Å²) in [4.78, 5) is 24.1. The fourth-order valence-corrected chi connectivity index (χ4v) is 3.61. The normalized spacial score (nSPS) is 10.7. The Kier molecular flexibility index (Phi) is 7.48. The molecule has 0 N–H and O–H groups in total. The molecule has 0 amide bonds. The van der Waals surface area contributed by atoms with Gasteiger partial charge >= 0.3 is 12.1 Å². The van der Waals surface area contributed by atoms with Gasteiger partial charge < -0.3 is 14.2 Å². The number of hydrogen-bond donors (Lipinski definition) is 0. The van der Waals surface area contributed by atoms with Crippen LogP contribution in [0, 0.1) is 5.82 Å². The quantitative estimate of drug-likeness (QED) is 0.161. The van der Waals surface area contributed by atoms with E-state index < -0.39 is 11.9 Å². The zero-order valence-electron chi connectivity index (χ0n) is 18.6. The van der Waals surface area contributed by atoms with Crippen LogP contribution >= 0.6 is 11.6 Å². The van der Waals surface area contributed by atoms with E-state index in [1.54, 1.807) is 18.2 Å². The standard InChI is InChI=1S/C27H21ClFNO5/c1-2-13-33-26(31)14-18-3-5-19(6-4-18)20-7-9-22(10-8-20)34-17-35-27(32)30-12-11-21-15-23(28)24(29)16-25(21)30/h2-12,15-16H,1,13-14,17H2. The maximum Gasteiger partial charge on any atom is 0.421 e. The molecule has 4 aromatic rings. The number of carbonyl (C=O) groups excluding carboxylic acids is 2. The molecule has 0 fully saturated rings. The number of hydrogen-bond acceptors (Lipinski definition) is 5. The number of ether oxygens (including phenoxy) is 3. The van der Waals surface area contributed by atoms with Crippen molar-refractivity contribution in [3.8, 4) is 16.9 Å². The van der Waals surface area contributed by atoms with Crippen molar-refractivity contribution in [1.82, 2.24) is 4.57 Å². The van der Waals surface area contributed by atoms with Crippen LogP contribution in [-0.2, 0) is 20.7 Å². The lowest BCUT2D eigenvalue weighted by Gasteiger charge is -2.10. The largest absolute Gasteiger partial charge is 0.461 e. The topological polar surface area (TPSA) is 66.8 Å². The van der Waals surface area contributed by atoms with Gasteiger partial charge in [-0.25, -0.2) is 9.18 Å². The van der Waals surface area contributed by atoms with Gasteiger partial charge in [0.15, 0.2) is 0 Å². The highest BCUT2D eigenvalue weighted by atomic mass is 35.5.